The number of hydrogen-bond donors (Lipinski definition) is 1. The van der Waals surface area contributed by atoms with Crippen molar-refractivity contribution in [2.75, 3.05) is 10.8 Å². The normalized spacial score (nSPS) is 14.4. The van der Waals surface area contributed by atoms with Crippen LogP contribution < -0.4 is 9.62 Å². The van der Waals surface area contributed by atoms with Crippen LogP contribution in [0.25, 0.3) is 0 Å². The number of nitrogens with zero attached hydrogens (tertiary/aromatic N) is 2. The highest BCUT2D eigenvalue weighted by molar-refractivity contribution is 7.92. The van der Waals surface area contributed by atoms with Gasteiger partial charge in [0.15, 0.2) is 0 Å². The fourth-order valence-corrected chi connectivity index (χ4v) is 6.62. The van der Waals surface area contributed by atoms with Crippen LogP contribution in [-0.2, 0) is 32.6 Å². The molecule has 1 saturated carbocycles. The standard InChI is InChI=1S/C32H38FN3O4S/c1-4-26-9-5-8-12-30(26)36(41(39,40)29-19-13-23(2)14-20-29)22-31(37)35(21-25-15-17-27(33)18-16-25)24(3)32(38)34-28-10-6-7-11-28/h5,8-9,12-20,24,28H,4,6-7,10-11,21-22H2,1-3H3,(H,34,38)/t24-/m1/s1. The lowest BCUT2D eigenvalue weighted by Gasteiger charge is -2.33. The van der Waals surface area contributed by atoms with E-state index in [0.717, 1.165) is 41.1 Å². The van der Waals surface area contributed by atoms with E-state index in [1.54, 1.807) is 43.3 Å². The van der Waals surface area contributed by atoms with Gasteiger partial charge in [0.05, 0.1) is 10.6 Å². The Morgan fingerprint density at radius 3 is 2.24 bits per heavy atom. The molecule has 7 nitrogen and oxygen atoms in total. The second-order valence-electron chi connectivity index (χ2n) is 10.6. The van der Waals surface area contributed by atoms with E-state index in [9.17, 15) is 22.4 Å². The van der Waals surface area contributed by atoms with Crippen LogP contribution in [0.15, 0.2) is 77.7 Å². The average Bonchev–Trinajstić information content (AvgIpc) is 3.48. The molecule has 9 heteroatoms. The summed E-state index contributed by atoms with van der Waals surface area (Å²) >= 11 is 0. The number of sulfonamides is 1. The van der Waals surface area contributed by atoms with Gasteiger partial charge in [0.25, 0.3) is 10.0 Å². The number of halogens is 1. The smallest absolute Gasteiger partial charge is 0.264 e. The van der Waals surface area contributed by atoms with Gasteiger partial charge < -0.3 is 10.2 Å². The van der Waals surface area contributed by atoms with Crippen LogP contribution in [0.5, 0.6) is 0 Å². The van der Waals surface area contributed by atoms with Gasteiger partial charge in [0.2, 0.25) is 11.8 Å². The number of nitrogens with one attached hydrogen (secondary N) is 1. The topological polar surface area (TPSA) is 86.8 Å². The summed E-state index contributed by atoms with van der Waals surface area (Å²) in [4.78, 5) is 28.8. The molecule has 0 heterocycles. The minimum atomic E-state index is -4.14. The largest absolute Gasteiger partial charge is 0.352 e. The van der Waals surface area contributed by atoms with Gasteiger partial charge in [-0.25, -0.2) is 12.8 Å². The predicted octanol–water partition coefficient (Wildman–Crippen LogP) is 5.37. The molecule has 0 unspecified atom stereocenters. The molecule has 1 fully saturated rings. The van der Waals surface area contributed by atoms with E-state index in [0.29, 0.717) is 17.7 Å². The Morgan fingerprint density at radius 2 is 1.61 bits per heavy atom. The Hall–Kier alpha value is -3.72. The molecular formula is C32H38FN3O4S. The van der Waals surface area contributed by atoms with Gasteiger partial charge in [-0.1, -0.05) is 67.8 Å². The molecule has 1 aliphatic rings. The van der Waals surface area contributed by atoms with E-state index in [1.807, 2.05) is 26.0 Å². The molecule has 0 radical (unpaired) electrons. The number of para-hydroxylation sites is 1. The molecule has 4 rings (SSSR count). The zero-order valence-electron chi connectivity index (χ0n) is 23.8. The third kappa shape index (κ3) is 7.33. The molecular weight excluding hydrogens is 541 g/mol. The first kappa shape index (κ1) is 30.2. The second-order valence-corrected chi connectivity index (χ2v) is 12.5. The van der Waals surface area contributed by atoms with Crippen LogP contribution in [0.1, 0.15) is 56.2 Å². The summed E-state index contributed by atoms with van der Waals surface area (Å²) < 4.78 is 42.8. The third-order valence-corrected chi connectivity index (χ3v) is 9.44. The highest BCUT2D eigenvalue weighted by Gasteiger charge is 2.34. The number of aryl methyl sites for hydroxylation is 2. The fraction of sp³-hybridized carbons (Fsp3) is 0.375. The third-order valence-electron chi connectivity index (χ3n) is 7.66. The maximum absolute atomic E-state index is 14.1. The van der Waals surface area contributed by atoms with Gasteiger partial charge in [0, 0.05) is 12.6 Å². The van der Waals surface area contributed by atoms with E-state index in [4.69, 9.17) is 0 Å². The summed E-state index contributed by atoms with van der Waals surface area (Å²) in [5.41, 5.74) is 2.72. The zero-order valence-corrected chi connectivity index (χ0v) is 24.7. The van der Waals surface area contributed by atoms with Crippen molar-refractivity contribution in [1.82, 2.24) is 10.2 Å². The minimum absolute atomic E-state index is 0.0201. The fourth-order valence-electron chi connectivity index (χ4n) is 5.16. The first-order valence-electron chi connectivity index (χ1n) is 14.1. The van der Waals surface area contributed by atoms with Gasteiger partial charge in [-0.15, -0.1) is 0 Å². The minimum Gasteiger partial charge on any atom is -0.352 e. The van der Waals surface area contributed by atoms with Gasteiger partial charge in [-0.2, -0.15) is 0 Å². The molecule has 0 aliphatic heterocycles. The molecule has 0 saturated heterocycles. The van der Waals surface area contributed by atoms with E-state index in [1.165, 1.54) is 29.2 Å². The highest BCUT2D eigenvalue weighted by Crippen LogP contribution is 2.28. The predicted molar refractivity (Wildman–Crippen MR) is 158 cm³/mol. The van der Waals surface area contributed by atoms with E-state index in [-0.39, 0.29) is 23.4 Å². The SMILES string of the molecule is CCc1ccccc1N(CC(=O)N(Cc1ccc(F)cc1)[C@H](C)C(=O)NC1CCCC1)S(=O)(=O)c1ccc(C)cc1. The van der Waals surface area contributed by atoms with E-state index in [2.05, 4.69) is 5.32 Å². The van der Waals surface area contributed by atoms with E-state index < -0.39 is 34.3 Å². The van der Waals surface area contributed by atoms with Crippen molar-refractivity contribution in [3.8, 4) is 0 Å². The molecule has 0 spiro atoms. The summed E-state index contributed by atoms with van der Waals surface area (Å²) in [6.45, 7) is 4.95. The molecule has 0 bridgehead atoms. The Morgan fingerprint density at radius 1 is 0.976 bits per heavy atom. The Balaban J connectivity index is 1.71. The number of hydrogen-bond acceptors (Lipinski definition) is 4. The maximum Gasteiger partial charge on any atom is 0.264 e. The zero-order chi connectivity index (χ0) is 29.6. The van der Waals surface area contributed by atoms with Crippen molar-refractivity contribution in [3.63, 3.8) is 0 Å². The number of rotatable bonds is 11. The van der Waals surface area contributed by atoms with Crippen LogP contribution in [0.4, 0.5) is 10.1 Å². The molecule has 41 heavy (non-hydrogen) atoms. The van der Waals surface area contributed by atoms with Crippen LogP contribution >= 0.6 is 0 Å². The number of anilines is 1. The summed E-state index contributed by atoms with van der Waals surface area (Å²) in [6.07, 6.45) is 4.42. The highest BCUT2D eigenvalue weighted by atomic mass is 32.2. The first-order valence-corrected chi connectivity index (χ1v) is 15.6. The Labute approximate surface area is 242 Å². The molecule has 1 N–H and O–H groups in total. The quantitative estimate of drug-likeness (QED) is 0.331. The molecule has 218 valence electrons. The second kappa shape index (κ2) is 13.3. The monoisotopic (exact) mass is 579 g/mol. The Kier molecular flexibility index (Phi) is 9.81. The molecule has 3 aromatic carbocycles. The van der Waals surface area contributed by atoms with Crippen LogP contribution in [-0.4, -0.2) is 43.8 Å². The number of benzene rings is 3. The van der Waals surface area contributed by atoms with Crippen molar-refractivity contribution in [1.29, 1.82) is 0 Å². The lowest BCUT2D eigenvalue weighted by molar-refractivity contribution is -0.139. The molecule has 0 aromatic heterocycles. The molecule has 1 aliphatic carbocycles. The van der Waals surface area contributed by atoms with Crippen molar-refractivity contribution < 1.29 is 22.4 Å². The molecule has 3 aromatic rings. The summed E-state index contributed by atoms with van der Waals surface area (Å²) in [5, 5.41) is 3.05. The molecule has 1 atom stereocenters. The lowest BCUT2D eigenvalue weighted by Crippen LogP contribution is -2.52. The van der Waals surface area contributed by atoms with Gasteiger partial charge >= 0.3 is 0 Å². The van der Waals surface area contributed by atoms with Gasteiger partial charge in [0.1, 0.15) is 18.4 Å². The van der Waals surface area contributed by atoms with E-state index >= 15 is 0 Å². The maximum atomic E-state index is 14.1. The van der Waals surface area contributed by atoms with Crippen LogP contribution in [0, 0.1) is 12.7 Å². The number of amides is 2. The van der Waals surface area contributed by atoms with Crippen molar-refractivity contribution in [3.05, 3.63) is 95.3 Å². The number of carbonyl (C=O) groups is 2. The van der Waals surface area contributed by atoms with Gasteiger partial charge in [-0.05, 0) is 74.6 Å². The lowest BCUT2D eigenvalue weighted by atomic mass is 10.1. The number of carbonyl (C=O) groups excluding carboxylic acids is 2. The average molecular weight is 580 g/mol. The van der Waals surface area contributed by atoms with Crippen molar-refractivity contribution in [2.24, 2.45) is 0 Å². The van der Waals surface area contributed by atoms with Crippen molar-refractivity contribution >= 4 is 27.5 Å². The Bertz CT molecular complexity index is 1450. The summed E-state index contributed by atoms with van der Waals surface area (Å²) in [7, 11) is -4.14. The molecule has 2 amide bonds. The van der Waals surface area contributed by atoms with Crippen LogP contribution in [0.2, 0.25) is 0 Å². The summed E-state index contributed by atoms with van der Waals surface area (Å²) in [6, 6.07) is 18.5. The van der Waals surface area contributed by atoms with Gasteiger partial charge in [-0.3, -0.25) is 13.9 Å². The van der Waals surface area contributed by atoms with Crippen molar-refractivity contribution in [2.45, 2.75) is 76.4 Å². The summed E-state index contributed by atoms with van der Waals surface area (Å²) in [5.74, 6) is -1.25. The first-order chi connectivity index (χ1) is 19.6. The van der Waals surface area contributed by atoms with Crippen LogP contribution in [0.3, 0.4) is 0 Å².